The van der Waals surface area contributed by atoms with Crippen LogP contribution in [0.3, 0.4) is 0 Å². The lowest BCUT2D eigenvalue weighted by atomic mass is 10.1. The van der Waals surface area contributed by atoms with Crippen LogP contribution < -0.4 is 5.73 Å². The van der Waals surface area contributed by atoms with Crippen LogP contribution in [0, 0.1) is 0 Å². The number of nitrogens with two attached hydrogens (primary N) is 1. The first kappa shape index (κ1) is 8.39. The molecule has 0 aromatic heterocycles. The third-order valence-electron chi connectivity index (χ3n) is 1.52. The number of carboxylic acid groups (broad SMARTS) is 1. The second-order valence-electron chi connectivity index (χ2n) is 2.42. The first-order valence-corrected chi connectivity index (χ1v) is 3.39. The van der Waals surface area contributed by atoms with Gasteiger partial charge in [-0.15, -0.1) is 0 Å². The number of aliphatic carboxylic acids is 1. The van der Waals surface area contributed by atoms with Crippen molar-refractivity contribution in [3.8, 4) is 5.75 Å². The molecular formula is C8H9NO3. The maximum atomic E-state index is 10.3. The number of aromatic hydroxyl groups is 1. The molecule has 0 saturated heterocycles. The molecule has 4 N–H and O–H groups in total. The van der Waals surface area contributed by atoms with E-state index in [1.165, 1.54) is 6.07 Å². The quantitative estimate of drug-likeness (QED) is 0.563. The average Bonchev–Trinajstić information content (AvgIpc) is 1.97. The second kappa shape index (κ2) is 3.13. The van der Waals surface area contributed by atoms with Crippen molar-refractivity contribution in [3.63, 3.8) is 0 Å². The number of hydrogen-bond acceptors (Lipinski definition) is 3. The first-order chi connectivity index (χ1) is 5.61. The van der Waals surface area contributed by atoms with Gasteiger partial charge in [0.15, 0.2) is 0 Å². The molecule has 4 nitrogen and oxygen atoms in total. The lowest BCUT2D eigenvalue weighted by molar-refractivity contribution is -0.136. The first-order valence-electron chi connectivity index (χ1n) is 3.39. The Hall–Kier alpha value is -1.71. The summed E-state index contributed by atoms with van der Waals surface area (Å²) in [4.78, 5) is 10.3. The number of benzene rings is 1. The van der Waals surface area contributed by atoms with Crippen LogP contribution in [0.2, 0.25) is 0 Å². The van der Waals surface area contributed by atoms with Crippen molar-refractivity contribution >= 4 is 11.7 Å². The topological polar surface area (TPSA) is 83.5 Å². The van der Waals surface area contributed by atoms with Crippen molar-refractivity contribution in [3.05, 3.63) is 23.8 Å². The van der Waals surface area contributed by atoms with E-state index in [1.807, 2.05) is 0 Å². The summed E-state index contributed by atoms with van der Waals surface area (Å²) in [6, 6.07) is 4.53. The minimum atomic E-state index is -1.01. The highest BCUT2D eigenvalue weighted by Crippen LogP contribution is 2.22. The number of carbonyl (C=O) groups is 1. The van der Waals surface area contributed by atoms with Crippen LogP contribution in [-0.4, -0.2) is 16.2 Å². The van der Waals surface area contributed by atoms with Crippen molar-refractivity contribution in [2.24, 2.45) is 0 Å². The van der Waals surface area contributed by atoms with Gasteiger partial charge in [-0.25, -0.2) is 0 Å². The maximum absolute atomic E-state index is 10.3. The minimum absolute atomic E-state index is 0.0719. The molecule has 0 heterocycles. The molecule has 0 spiro atoms. The molecule has 0 aliphatic rings. The lowest BCUT2D eigenvalue weighted by Crippen LogP contribution is -2.03. The van der Waals surface area contributed by atoms with Gasteiger partial charge in [0.05, 0.1) is 6.42 Å². The van der Waals surface area contributed by atoms with Gasteiger partial charge in [-0.05, 0) is 12.1 Å². The zero-order chi connectivity index (χ0) is 9.14. The van der Waals surface area contributed by atoms with Crippen LogP contribution in [0.15, 0.2) is 18.2 Å². The maximum Gasteiger partial charge on any atom is 0.308 e. The highest BCUT2D eigenvalue weighted by molar-refractivity contribution is 5.74. The van der Waals surface area contributed by atoms with Gasteiger partial charge < -0.3 is 15.9 Å². The van der Waals surface area contributed by atoms with Crippen molar-refractivity contribution in [2.75, 3.05) is 5.73 Å². The summed E-state index contributed by atoms with van der Waals surface area (Å²) in [5.74, 6) is -1.08. The van der Waals surface area contributed by atoms with Gasteiger partial charge >= 0.3 is 5.97 Å². The van der Waals surface area contributed by atoms with Gasteiger partial charge in [-0.2, -0.15) is 0 Å². The summed E-state index contributed by atoms with van der Waals surface area (Å²) >= 11 is 0. The fourth-order valence-electron chi connectivity index (χ4n) is 0.936. The Balaban J connectivity index is 3.04. The predicted octanol–water partition coefficient (Wildman–Crippen LogP) is 0.602. The molecule has 0 unspecified atom stereocenters. The van der Waals surface area contributed by atoms with Gasteiger partial charge in [0.25, 0.3) is 0 Å². The summed E-state index contributed by atoms with van der Waals surface area (Å²) in [6.45, 7) is 0. The van der Waals surface area contributed by atoms with Gasteiger partial charge in [-0.3, -0.25) is 4.79 Å². The molecule has 0 radical (unpaired) electrons. The Kier molecular flexibility index (Phi) is 2.19. The van der Waals surface area contributed by atoms with Crippen molar-refractivity contribution in [1.82, 2.24) is 0 Å². The summed E-state index contributed by atoms with van der Waals surface area (Å²) in [5.41, 5.74) is 6.02. The lowest BCUT2D eigenvalue weighted by Gasteiger charge is -2.04. The normalized spacial score (nSPS) is 9.67. The number of phenolic OH excluding ortho intramolecular Hbond substituents is 1. The van der Waals surface area contributed by atoms with Gasteiger partial charge in [0.1, 0.15) is 5.75 Å². The number of carboxylic acids is 1. The van der Waals surface area contributed by atoms with E-state index in [2.05, 4.69) is 0 Å². The van der Waals surface area contributed by atoms with E-state index in [4.69, 9.17) is 10.8 Å². The number of rotatable bonds is 2. The predicted molar refractivity (Wildman–Crippen MR) is 43.9 cm³/mol. The molecule has 0 atom stereocenters. The molecule has 0 fully saturated rings. The Morgan fingerprint density at radius 3 is 2.67 bits per heavy atom. The smallest absolute Gasteiger partial charge is 0.308 e. The van der Waals surface area contributed by atoms with Crippen LogP contribution in [-0.2, 0) is 11.2 Å². The second-order valence-corrected chi connectivity index (χ2v) is 2.42. The van der Waals surface area contributed by atoms with Crippen molar-refractivity contribution in [2.45, 2.75) is 6.42 Å². The zero-order valence-electron chi connectivity index (χ0n) is 6.32. The highest BCUT2D eigenvalue weighted by Gasteiger charge is 2.08. The standard InChI is InChI=1S/C8H9NO3/c9-6-2-1-3-7(10)5(6)4-8(11)12/h1-3,10H,4,9H2,(H,11,12). The van der Waals surface area contributed by atoms with Crippen LogP contribution in [0.25, 0.3) is 0 Å². The fraction of sp³-hybridized carbons (Fsp3) is 0.125. The van der Waals surface area contributed by atoms with Crippen molar-refractivity contribution < 1.29 is 15.0 Å². The van der Waals surface area contributed by atoms with E-state index in [1.54, 1.807) is 12.1 Å². The molecule has 4 heteroatoms. The monoisotopic (exact) mass is 167 g/mol. The Morgan fingerprint density at radius 2 is 2.17 bits per heavy atom. The molecular weight excluding hydrogens is 158 g/mol. The summed E-state index contributed by atoms with van der Waals surface area (Å²) < 4.78 is 0. The SMILES string of the molecule is Nc1cccc(O)c1CC(=O)O. The molecule has 1 aromatic carbocycles. The van der Waals surface area contributed by atoms with Crippen molar-refractivity contribution in [1.29, 1.82) is 0 Å². The minimum Gasteiger partial charge on any atom is -0.508 e. The van der Waals surface area contributed by atoms with Crippen LogP contribution in [0.1, 0.15) is 5.56 Å². The average molecular weight is 167 g/mol. The van der Waals surface area contributed by atoms with E-state index < -0.39 is 5.97 Å². The molecule has 12 heavy (non-hydrogen) atoms. The van der Waals surface area contributed by atoms with Crippen LogP contribution in [0.4, 0.5) is 5.69 Å². The van der Waals surface area contributed by atoms with Crippen LogP contribution in [0.5, 0.6) is 5.75 Å². The van der Waals surface area contributed by atoms with E-state index >= 15 is 0 Å². The molecule has 0 bridgehead atoms. The Morgan fingerprint density at radius 1 is 1.50 bits per heavy atom. The summed E-state index contributed by atoms with van der Waals surface area (Å²) in [5, 5.41) is 17.6. The Labute approximate surface area is 69.3 Å². The largest absolute Gasteiger partial charge is 0.508 e. The van der Waals surface area contributed by atoms with E-state index in [-0.39, 0.29) is 17.7 Å². The van der Waals surface area contributed by atoms with E-state index in [9.17, 15) is 9.90 Å². The number of anilines is 1. The number of phenols is 1. The molecule has 0 amide bonds. The number of hydrogen-bond donors (Lipinski definition) is 3. The molecule has 64 valence electrons. The third kappa shape index (κ3) is 1.66. The Bertz CT molecular complexity index is 289. The molecule has 1 aromatic rings. The zero-order valence-corrected chi connectivity index (χ0v) is 6.32. The van der Waals surface area contributed by atoms with Gasteiger partial charge in [0, 0.05) is 11.3 Å². The highest BCUT2D eigenvalue weighted by atomic mass is 16.4. The van der Waals surface area contributed by atoms with E-state index in [0.29, 0.717) is 5.69 Å². The van der Waals surface area contributed by atoms with Crippen LogP contribution >= 0.6 is 0 Å². The van der Waals surface area contributed by atoms with Gasteiger partial charge in [-0.1, -0.05) is 6.07 Å². The third-order valence-corrected chi connectivity index (χ3v) is 1.52. The molecule has 1 rings (SSSR count). The number of nitrogen functional groups attached to an aromatic ring is 1. The van der Waals surface area contributed by atoms with E-state index in [0.717, 1.165) is 0 Å². The molecule has 0 aliphatic carbocycles. The summed E-state index contributed by atoms with van der Waals surface area (Å²) in [6.07, 6.45) is -0.251. The molecule has 0 aliphatic heterocycles. The van der Waals surface area contributed by atoms with Gasteiger partial charge in [0.2, 0.25) is 0 Å². The fourth-order valence-corrected chi connectivity index (χ4v) is 0.936. The molecule has 0 saturated carbocycles. The summed E-state index contributed by atoms with van der Waals surface area (Å²) in [7, 11) is 0.